The van der Waals surface area contributed by atoms with Crippen LogP contribution < -0.4 is 0 Å². The number of likely N-dealkylation sites (N-methyl/N-ethyl adjacent to an activating group) is 1. The van der Waals surface area contributed by atoms with Crippen molar-refractivity contribution >= 4 is 57.3 Å². The van der Waals surface area contributed by atoms with E-state index in [4.69, 9.17) is 11.6 Å². The van der Waals surface area contributed by atoms with Gasteiger partial charge in [-0.25, -0.2) is 16.8 Å². The maximum absolute atomic E-state index is 13.5. The van der Waals surface area contributed by atoms with Crippen molar-refractivity contribution in [2.75, 3.05) is 32.7 Å². The molecule has 2 aromatic carbocycles. The monoisotopic (exact) mass is 507 g/mol. The van der Waals surface area contributed by atoms with Crippen LogP contribution in [-0.4, -0.2) is 54.9 Å². The fourth-order valence-electron chi connectivity index (χ4n) is 3.75. The quantitative estimate of drug-likeness (QED) is 0.503. The van der Waals surface area contributed by atoms with Gasteiger partial charge in [-0.1, -0.05) is 18.5 Å². The van der Waals surface area contributed by atoms with Gasteiger partial charge in [-0.2, -0.15) is 0 Å². The van der Waals surface area contributed by atoms with Gasteiger partial charge in [-0.15, -0.1) is 24.8 Å². The van der Waals surface area contributed by atoms with Crippen molar-refractivity contribution in [2.45, 2.75) is 18.4 Å². The van der Waals surface area contributed by atoms with E-state index in [9.17, 15) is 12.8 Å². The van der Waals surface area contributed by atoms with E-state index in [2.05, 4.69) is 16.7 Å². The Morgan fingerprint density at radius 1 is 0.968 bits per heavy atom. The number of hydrogen-bond acceptors (Lipinski definition) is 4. The summed E-state index contributed by atoms with van der Waals surface area (Å²) in [4.78, 5) is 4.85. The number of halogens is 4. The summed E-state index contributed by atoms with van der Waals surface area (Å²) in [5, 5.41) is 1.10. The Morgan fingerprint density at radius 2 is 1.65 bits per heavy atom. The summed E-state index contributed by atoms with van der Waals surface area (Å²) in [5.74, 6) is -0.399. The number of hydrogen-bond donors (Lipinski definition) is 0. The Bertz CT molecular complexity index is 1150. The van der Waals surface area contributed by atoms with Crippen molar-refractivity contribution < 1.29 is 12.8 Å². The highest BCUT2D eigenvalue weighted by atomic mass is 35.5. The standard InChI is InChI=1S/C21H23ClFN3O2S.2ClH/c1-2-24-9-11-25(12-10-24)15-17-14-19(4-5-20(17)22)29(27,28)26-8-7-16-13-18(23)3-6-21(16)26;;/h3-8,13-14H,2,9-12,15H2,1H3;2*1H. The third-order valence-electron chi connectivity index (χ3n) is 5.50. The maximum Gasteiger partial charge on any atom is 0.268 e. The Hall–Kier alpha value is -1.35. The van der Waals surface area contributed by atoms with E-state index >= 15 is 0 Å². The summed E-state index contributed by atoms with van der Waals surface area (Å²) in [6.45, 7) is 7.65. The molecule has 1 aliphatic heterocycles. The van der Waals surface area contributed by atoms with E-state index in [-0.39, 0.29) is 29.7 Å². The molecule has 5 nitrogen and oxygen atoms in total. The average Bonchev–Trinajstić information content (AvgIpc) is 3.14. The van der Waals surface area contributed by atoms with Gasteiger partial charge in [0, 0.05) is 49.3 Å². The van der Waals surface area contributed by atoms with E-state index in [0.29, 0.717) is 22.5 Å². The molecular weight excluding hydrogens is 484 g/mol. The molecule has 0 N–H and O–H groups in total. The minimum absolute atomic E-state index is 0. The van der Waals surface area contributed by atoms with Crippen LogP contribution in [0.4, 0.5) is 4.39 Å². The summed E-state index contributed by atoms with van der Waals surface area (Å²) in [5.41, 5.74) is 1.23. The summed E-state index contributed by atoms with van der Waals surface area (Å²) >= 11 is 6.38. The number of benzene rings is 2. The van der Waals surface area contributed by atoms with Gasteiger partial charge in [0.25, 0.3) is 10.0 Å². The normalized spacial score (nSPS) is 15.5. The van der Waals surface area contributed by atoms with Gasteiger partial charge < -0.3 is 4.90 Å². The highest BCUT2D eigenvalue weighted by molar-refractivity contribution is 7.90. The zero-order chi connectivity index (χ0) is 20.6. The second kappa shape index (κ2) is 10.5. The van der Waals surface area contributed by atoms with Crippen molar-refractivity contribution in [1.29, 1.82) is 0 Å². The van der Waals surface area contributed by atoms with Gasteiger partial charge in [-0.3, -0.25) is 4.90 Å². The van der Waals surface area contributed by atoms with E-state index < -0.39 is 15.8 Å². The first kappa shape index (κ1) is 25.9. The molecule has 0 radical (unpaired) electrons. The Morgan fingerprint density at radius 3 is 2.32 bits per heavy atom. The predicted octanol–water partition coefficient (Wildman–Crippen LogP) is 4.65. The maximum atomic E-state index is 13.5. The number of nitrogens with zero attached hydrogens (tertiary/aromatic N) is 3. The fourth-order valence-corrected chi connectivity index (χ4v) is 5.33. The molecule has 170 valence electrons. The lowest BCUT2D eigenvalue weighted by Gasteiger charge is -2.34. The zero-order valence-corrected chi connectivity index (χ0v) is 20.2. The van der Waals surface area contributed by atoms with Gasteiger partial charge in [0.1, 0.15) is 5.82 Å². The molecule has 0 atom stereocenters. The molecule has 0 amide bonds. The molecule has 1 fully saturated rings. The third kappa shape index (κ3) is 5.35. The smallest absolute Gasteiger partial charge is 0.268 e. The molecule has 1 aliphatic rings. The van der Waals surface area contributed by atoms with Crippen LogP contribution in [0.2, 0.25) is 5.02 Å². The summed E-state index contributed by atoms with van der Waals surface area (Å²) in [6, 6.07) is 10.5. The highest BCUT2D eigenvalue weighted by Gasteiger charge is 2.22. The van der Waals surface area contributed by atoms with Gasteiger partial charge >= 0.3 is 0 Å². The first-order chi connectivity index (χ1) is 13.9. The zero-order valence-electron chi connectivity index (χ0n) is 17.0. The minimum Gasteiger partial charge on any atom is -0.301 e. The molecule has 0 bridgehead atoms. The number of fused-ring (bicyclic) bond motifs is 1. The molecule has 0 unspecified atom stereocenters. The van der Waals surface area contributed by atoms with Crippen LogP contribution in [0, 0.1) is 5.82 Å². The number of aromatic nitrogens is 1. The molecule has 3 aromatic rings. The summed E-state index contributed by atoms with van der Waals surface area (Å²) in [6.07, 6.45) is 1.46. The predicted molar refractivity (Wildman–Crippen MR) is 128 cm³/mol. The molecule has 0 aliphatic carbocycles. The summed E-state index contributed by atoms with van der Waals surface area (Å²) < 4.78 is 41.1. The van der Waals surface area contributed by atoms with Crippen LogP contribution in [0.5, 0.6) is 0 Å². The third-order valence-corrected chi connectivity index (χ3v) is 7.55. The number of piperazine rings is 1. The van der Waals surface area contributed by atoms with E-state index in [1.54, 1.807) is 18.2 Å². The van der Waals surface area contributed by atoms with Crippen molar-refractivity contribution in [3.63, 3.8) is 0 Å². The Kier molecular flexibility index (Phi) is 8.78. The lowest BCUT2D eigenvalue weighted by atomic mass is 10.2. The molecule has 2 heterocycles. The van der Waals surface area contributed by atoms with Crippen LogP contribution in [0.15, 0.2) is 53.6 Å². The van der Waals surface area contributed by atoms with Crippen molar-refractivity contribution in [3.8, 4) is 0 Å². The molecule has 4 rings (SSSR count). The van der Waals surface area contributed by atoms with Crippen LogP contribution in [0.25, 0.3) is 10.9 Å². The Balaban J connectivity index is 0.00000171. The topological polar surface area (TPSA) is 45.6 Å². The molecule has 0 saturated carbocycles. The van der Waals surface area contributed by atoms with Crippen molar-refractivity contribution in [2.24, 2.45) is 0 Å². The van der Waals surface area contributed by atoms with Gasteiger partial charge in [0.05, 0.1) is 10.4 Å². The molecule has 0 spiro atoms. The largest absolute Gasteiger partial charge is 0.301 e. The van der Waals surface area contributed by atoms with Crippen LogP contribution in [0.1, 0.15) is 12.5 Å². The first-order valence-electron chi connectivity index (χ1n) is 9.64. The second-order valence-corrected chi connectivity index (χ2v) is 9.51. The van der Waals surface area contributed by atoms with Crippen LogP contribution in [-0.2, 0) is 16.6 Å². The molecule has 1 saturated heterocycles. The highest BCUT2D eigenvalue weighted by Crippen LogP contribution is 2.27. The van der Waals surface area contributed by atoms with Crippen molar-refractivity contribution in [3.05, 3.63) is 65.1 Å². The summed E-state index contributed by atoms with van der Waals surface area (Å²) in [7, 11) is -3.82. The lowest BCUT2D eigenvalue weighted by molar-refractivity contribution is 0.132. The molecule has 31 heavy (non-hydrogen) atoms. The minimum atomic E-state index is -3.82. The molecule has 1 aromatic heterocycles. The van der Waals surface area contributed by atoms with Crippen molar-refractivity contribution in [1.82, 2.24) is 13.8 Å². The van der Waals surface area contributed by atoms with E-state index in [1.807, 2.05) is 0 Å². The molecule has 10 heteroatoms. The van der Waals surface area contributed by atoms with Gasteiger partial charge in [0.15, 0.2) is 0 Å². The van der Waals surface area contributed by atoms with Gasteiger partial charge in [-0.05, 0) is 54.6 Å². The number of rotatable bonds is 5. The Labute approximate surface area is 199 Å². The van der Waals surface area contributed by atoms with Crippen LogP contribution >= 0.6 is 36.4 Å². The molecular formula is C21H25Cl3FN3O2S. The van der Waals surface area contributed by atoms with E-state index in [0.717, 1.165) is 38.3 Å². The SMILES string of the molecule is CCN1CCN(Cc2cc(S(=O)(=O)n3ccc4cc(F)ccc43)ccc2Cl)CC1.Cl.Cl. The van der Waals surface area contributed by atoms with Crippen LogP contribution in [0.3, 0.4) is 0 Å². The first-order valence-corrected chi connectivity index (χ1v) is 11.5. The average molecular weight is 509 g/mol. The van der Waals surface area contributed by atoms with E-state index in [1.165, 1.54) is 34.4 Å². The second-order valence-electron chi connectivity index (χ2n) is 7.28. The van der Waals surface area contributed by atoms with Gasteiger partial charge in [0.2, 0.25) is 0 Å². The fraction of sp³-hybridized carbons (Fsp3) is 0.333. The lowest BCUT2D eigenvalue weighted by Crippen LogP contribution is -2.45.